The summed E-state index contributed by atoms with van der Waals surface area (Å²) in [6.45, 7) is 0. The first kappa shape index (κ1) is 12.5. The molecular formula is C12H16BrN3O. The largest absolute Gasteiger partial charge is 0.325 e. The summed E-state index contributed by atoms with van der Waals surface area (Å²) in [6, 6.07) is 3.61. The van der Waals surface area contributed by atoms with Gasteiger partial charge in [-0.2, -0.15) is 0 Å². The van der Waals surface area contributed by atoms with E-state index < -0.39 is 0 Å². The molecule has 17 heavy (non-hydrogen) atoms. The van der Waals surface area contributed by atoms with E-state index in [0.717, 1.165) is 30.2 Å². The Bertz CT molecular complexity index is 399. The minimum Gasteiger partial charge on any atom is -0.325 e. The molecule has 1 fully saturated rings. The number of hydrogen-bond donors (Lipinski definition) is 2. The van der Waals surface area contributed by atoms with Gasteiger partial charge in [-0.3, -0.25) is 4.79 Å². The summed E-state index contributed by atoms with van der Waals surface area (Å²) in [5, 5.41) is 2.77. The number of nitrogens with zero attached hydrogens (tertiary/aromatic N) is 1. The molecule has 5 heteroatoms. The fraction of sp³-hybridized carbons (Fsp3) is 0.500. The monoisotopic (exact) mass is 297 g/mol. The van der Waals surface area contributed by atoms with Crippen molar-refractivity contribution in [1.29, 1.82) is 0 Å². The number of pyridine rings is 1. The van der Waals surface area contributed by atoms with E-state index in [0.29, 0.717) is 12.2 Å². The zero-order chi connectivity index (χ0) is 12.3. The second kappa shape index (κ2) is 5.14. The van der Waals surface area contributed by atoms with Crippen LogP contribution in [-0.4, -0.2) is 16.4 Å². The lowest BCUT2D eigenvalue weighted by molar-refractivity contribution is -0.117. The first-order valence-corrected chi connectivity index (χ1v) is 6.57. The molecule has 1 aliphatic rings. The number of anilines is 1. The maximum Gasteiger partial charge on any atom is 0.227 e. The zero-order valence-electron chi connectivity index (χ0n) is 9.58. The number of aromatic nitrogens is 1. The van der Waals surface area contributed by atoms with Crippen molar-refractivity contribution in [2.45, 2.75) is 37.6 Å². The zero-order valence-corrected chi connectivity index (χ0v) is 11.2. The second-order valence-electron chi connectivity index (χ2n) is 4.66. The fourth-order valence-electron chi connectivity index (χ4n) is 2.21. The molecular weight excluding hydrogens is 282 g/mol. The van der Waals surface area contributed by atoms with E-state index in [9.17, 15) is 4.79 Å². The van der Waals surface area contributed by atoms with E-state index >= 15 is 0 Å². The van der Waals surface area contributed by atoms with Gasteiger partial charge in [0.15, 0.2) is 0 Å². The molecule has 2 rings (SSSR count). The van der Waals surface area contributed by atoms with Gasteiger partial charge in [0.05, 0.1) is 0 Å². The van der Waals surface area contributed by atoms with Crippen LogP contribution >= 0.6 is 15.9 Å². The topological polar surface area (TPSA) is 68.0 Å². The van der Waals surface area contributed by atoms with Crippen molar-refractivity contribution in [3.63, 3.8) is 0 Å². The molecule has 0 saturated heterocycles. The van der Waals surface area contributed by atoms with Crippen LogP contribution in [-0.2, 0) is 4.79 Å². The van der Waals surface area contributed by atoms with Crippen molar-refractivity contribution < 1.29 is 4.79 Å². The van der Waals surface area contributed by atoms with Gasteiger partial charge in [0.1, 0.15) is 5.82 Å². The van der Waals surface area contributed by atoms with Gasteiger partial charge in [0, 0.05) is 22.6 Å². The molecule has 1 aliphatic carbocycles. The van der Waals surface area contributed by atoms with Gasteiger partial charge < -0.3 is 11.1 Å². The Kier molecular flexibility index (Phi) is 3.79. The predicted molar refractivity (Wildman–Crippen MR) is 70.6 cm³/mol. The first-order chi connectivity index (χ1) is 8.07. The predicted octanol–water partition coefficient (Wildman–Crippen LogP) is 2.44. The van der Waals surface area contributed by atoms with Crippen molar-refractivity contribution in [3.8, 4) is 0 Å². The van der Waals surface area contributed by atoms with Crippen LogP contribution in [0.15, 0.2) is 22.8 Å². The van der Waals surface area contributed by atoms with Gasteiger partial charge in [0.2, 0.25) is 5.91 Å². The van der Waals surface area contributed by atoms with Crippen LogP contribution in [0.2, 0.25) is 0 Å². The number of nitrogens with two attached hydrogens (primary N) is 1. The van der Waals surface area contributed by atoms with E-state index in [2.05, 4.69) is 26.2 Å². The summed E-state index contributed by atoms with van der Waals surface area (Å²) in [7, 11) is 0. The van der Waals surface area contributed by atoms with Crippen molar-refractivity contribution in [1.82, 2.24) is 4.98 Å². The number of nitrogens with one attached hydrogen (secondary N) is 1. The Balaban J connectivity index is 1.91. The Hall–Kier alpha value is -0.940. The second-order valence-corrected chi connectivity index (χ2v) is 5.57. The highest BCUT2D eigenvalue weighted by molar-refractivity contribution is 9.10. The SMILES string of the molecule is NC1(CC(=O)Nc2ccc(Br)cn2)CCCC1. The molecule has 0 unspecified atom stereocenters. The van der Waals surface area contributed by atoms with Crippen molar-refractivity contribution in [3.05, 3.63) is 22.8 Å². The van der Waals surface area contributed by atoms with Crippen LogP contribution in [0.1, 0.15) is 32.1 Å². The highest BCUT2D eigenvalue weighted by atomic mass is 79.9. The molecule has 0 atom stereocenters. The summed E-state index contributed by atoms with van der Waals surface area (Å²) in [4.78, 5) is 15.9. The molecule has 1 aromatic heterocycles. The van der Waals surface area contributed by atoms with Crippen molar-refractivity contribution in [2.24, 2.45) is 5.73 Å². The molecule has 92 valence electrons. The Morgan fingerprint density at radius 2 is 2.18 bits per heavy atom. The molecule has 1 heterocycles. The van der Waals surface area contributed by atoms with Crippen LogP contribution in [0.3, 0.4) is 0 Å². The minimum atomic E-state index is -0.306. The van der Waals surface area contributed by atoms with Crippen LogP contribution in [0.4, 0.5) is 5.82 Å². The fourth-order valence-corrected chi connectivity index (χ4v) is 2.45. The standard InChI is InChI=1S/C12H16BrN3O/c13-9-3-4-10(15-8-9)16-11(17)7-12(14)5-1-2-6-12/h3-4,8H,1-2,5-7,14H2,(H,15,16,17). The normalized spacial score (nSPS) is 18.0. The maximum atomic E-state index is 11.8. The van der Waals surface area contributed by atoms with Gasteiger partial charge >= 0.3 is 0 Å². The molecule has 0 radical (unpaired) electrons. The quantitative estimate of drug-likeness (QED) is 0.900. The highest BCUT2D eigenvalue weighted by Gasteiger charge is 2.31. The number of carbonyl (C=O) groups is 1. The third kappa shape index (κ3) is 3.51. The van der Waals surface area contributed by atoms with E-state index in [1.807, 2.05) is 6.07 Å². The third-order valence-corrected chi connectivity index (χ3v) is 3.58. The van der Waals surface area contributed by atoms with Crippen molar-refractivity contribution >= 4 is 27.7 Å². The number of halogens is 1. The first-order valence-electron chi connectivity index (χ1n) is 5.78. The maximum absolute atomic E-state index is 11.8. The summed E-state index contributed by atoms with van der Waals surface area (Å²) in [6.07, 6.45) is 6.16. The number of carbonyl (C=O) groups excluding carboxylic acids is 1. The average Bonchev–Trinajstić information content (AvgIpc) is 2.68. The van der Waals surface area contributed by atoms with Gasteiger partial charge in [-0.1, -0.05) is 12.8 Å². The summed E-state index contributed by atoms with van der Waals surface area (Å²) in [5.41, 5.74) is 5.84. The Labute approximate surface area is 109 Å². The van der Waals surface area contributed by atoms with Crippen LogP contribution < -0.4 is 11.1 Å². The lowest BCUT2D eigenvalue weighted by atomic mass is 9.94. The summed E-state index contributed by atoms with van der Waals surface area (Å²) < 4.78 is 0.890. The van der Waals surface area contributed by atoms with Crippen LogP contribution in [0.25, 0.3) is 0 Å². The molecule has 1 aromatic rings. The smallest absolute Gasteiger partial charge is 0.227 e. The number of hydrogen-bond acceptors (Lipinski definition) is 3. The van der Waals surface area contributed by atoms with Crippen LogP contribution in [0.5, 0.6) is 0 Å². The lowest BCUT2D eigenvalue weighted by Crippen LogP contribution is -2.40. The molecule has 4 nitrogen and oxygen atoms in total. The number of rotatable bonds is 3. The minimum absolute atomic E-state index is 0.0516. The van der Waals surface area contributed by atoms with Gasteiger partial charge in [0.25, 0.3) is 0 Å². The van der Waals surface area contributed by atoms with E-state index in [1.165, 1.54) is 0 Å². The van der Waals surface area contributed by atoms with Crippen molar-refractivity contribution in [2.75, 3.05) is 5.32 Å². The molecule has 3 N–H and O–H groups in total. The van der Waals surface area contributed by atoms with Crippen LogP contribution in [0, 0.1) is 0 Å². The molecule has 0 aliphatic heterocycles. The molecule has 0 bridgehead atoms. The number of amides is 1. The molecule has 1 saturated carbocycles. The van der Waals surface area contributed by atoms with E-state index in [1.54, 1.807) is 12.3 Å². The molecule has 0 spiro atoms. The summed E-state index contributed by atoms with van der Waals surface area (Å²) in [5.74, 6) is 0.518. The van der Waals surface area contributed by atoms with E-state index in [-0.39, 0.29) is 11.4 Å². The molecule has 0 aromatic carbocycles. The van der Waals surface area contributed by atoms with Gasteiger partial charge in [-0.05, 0) is 40.9 Å². The molecule has 1 amide bonds. The Morgan fingerprint density at radius 1 is 1.47 bits per heavy atom. The van der Waals surface area contributed by atoms with Gasteiger partial charge in [-0.25, -0.2) is 4.98 Å². The summed E-state index contributed by atoms with van der Waals surface area (Å²) >= 11 is 3.30. The Morgan fingerprint density at radius 3 is 2.76 bits per heavy atom. The third-order valence-electron chi connectivity index (χ3n) is 3.11. The van der Waals surface area contributed by atoms with Gasteiger partial charge in [-0.15, -0.1) is 0 Å². The van der Waals surface area contributed by atoms with E-state index in [4.69, 9.17) is 5.73 Å². The lowest BCUT2D eigenvalue weighted by Gasteiger charge is -2.22. The average molecular weight is 298 g/mol. The highest BCUT2D eigenvalue weighted by Crippen LogP contribution is 2.30.